The van der Waals surface area contributed by atoms with Crippen LogP contribution in [-0.2, 0) is 4.79 Å². The Labute approximate surface area is 147 Å². The van der Waals surface area contributed by atoms with E-state index in [4.69, 9.17) is 0 Å². The van der Waals surface area contributed by atoms with Crippen molar-refractivity contribution in [1.29, 1.82) is 0 Å². The molecule has 0 saturated heterocycles. The number of aromatic nitrogens is 2. The number of rotatable bonds is 5. The second kappa shape index (κ2) is 7.19. The van der Waals surface area contributed by atoms with Gasteiger partial charge in [0, 0.05) is 0 Å². The number of carbonyl (C=O) groups is 1. The maximum atomic E-state index is 12.2. The van der Waals surface area contributed by atoms with Gasteiger partial charge >= 0.3 is 0 Å². The van der Waals surface area contributed by atoms with Crippen molar-refractivity contribution in [1.82, 2.24) is 15.3 Å². The van der Waals surface area contributed by atoms with Crippen molar-refractivity contribution in [2.75, 3.05) is 5.75 Å². The van der Waals surface area contributed by atoms with E-state index in [2.05, 4.69) is 15.3 Å². The summed E-state index contributed by atoms with van der Waals surface area (Å²) in [5.41, 5.74) is 2.08. The zero-order valence-electron chi connectivity index (χ0n) is 13.3. The monoisotopic (exact) mass is 359 g/mol. The third kappa shape index (κ3) is 3.68. The lowest BCUT2D eigenvalue weighted by Crippen LogP contribution is -2.28. The van der Waals surface area contributed by atoms with E-state index in [0.29, 0.717) is 15.4 Å². The highest BCUT2D eigenvalue weighted by atomic mass is 32.2. The van der Waals surface area contributed by atoms with Gasteiger partial charge in [0.25, 0.3) is 5.56 Å². The van der Waals surface area contributed by atoms with E-state index in [1.807, 2.05) is 43.5 Å². The summed E-state index contributed by atoms with van der Waals surface area (Å²) in [7, 11) is 0. The van der Waals surface area contributed by atoms with Gasteiger partial charge in [-0.15, -0.1) is 11.3 Å². The molecule has 24 heavy (non-hydrogen) atoms. The molecule has 0 fully saturated rings. The van der Waals surface area contributed by atoms with Crippen molar-refractivity contribution < 1.29 is 4.79 Å². The Morgan fingerprint density at radius 3 is 2.96 bits per heavy atom. The largest absolute Gasteiger partial charge is 0.349 e. The summed E-state index contributed by atoms with van der Waals surface area (Å²) in [4.78, 5) is 31.8. The number of nitrogens with one attached hydrogen (secondary N) is 2. The van der Waals surface area contributed by atoms with Crippen LogP contribution >= 0.6 is 23.1 Å². The molecule has 0 aliphatic rings. The highest BCUT2D eigenvalue weighted by Crippen LogP contribution is 2.20. The van der Waals surface area contributed by atoms with E-state index in [1.165, 1.54) is 23.1 Å². The van der Waals surface area contributed by atoms with Crippen LogP contribution in [0.3, 0.4) is 0 Å². The second-order valence-corrected chi connectivity index (χ2v) is 7.30. The minimum Gasteiger partial charge on any atom is -0.349 e. The van der Waals surface area contributed by atoms with Crippen LogP contribution in [0.4, 0.5) is 0 Å². The molecule has 1 aromatic carbocycles. The molecule has 0 unspecified atom stereocenters. The van der Waals surface area contributed by atoms with Crippen molar-refractivity contribution in [3.05, 3.63) is 57.2 Å². The number of fused-ring (bicyclic) bond motifs is 1. The van der Waals surface area contributed by atoms with Gasteiger partial charge in [-0.2, -0.15) is 0 Å². The van der Waals surface area contributed by atoms with E-state index >= 15 is 0 Å². The van der Waals surface area contributed by atoms with E-state index in [0.717, 1.165) is 11.1 Å². The van der Waals surface area contributed by atoms with Crippen LogP contribution in [0, 0.1) is 6.92 Å². The Morgan fingerprint density at radius 1 is 1.38 bits per heavy atom. The van der Waals surface area contributed by atoms with Crippen LogP contribution in [0.25, 0.3) is 10.2 Å². The first-order valence-electron chi connectivity index (χ1n) is 7.50. The number of carbonyl (C=O) groups excluding carboxylic acids is 1. The van der Waals surface area contributed by atoms with Crippen molar-refractivity contribution in [3.8, 4) is 0 Å². The summed E-state index contributed by atoms with van der Waals surface area (Å²) in [6.07, 6.45) is 0. The maximum absolute atomic E-state index is 12.2. The maximum Gasteiger partial charge on any atom is 0.260 e. The summed E-state index contributed by atoms with van der Waals surface area (Å²) in [6, 6.07) is 9.66. The number of nitrogens with zero attached hydrogens (tertiary/aromatic N) is 1. The van der Waals surface area contributed by atoms with E-state index in [-0.39, 0.29) is 23.3 Å². The van der Waals surface area contributed by atoms with Crippen LogP contribution in [0.2, 0.25) is 0 Å². The highest BCUT2D eigenvalue weighted by Gasteiger charge is 2.13. The number of aromatic amines is 1. The zero-order valence-corrected chi connectivity index (χ0v) is 15.0. The van der Waals surface area contributed by atoms with Crippen molar-refractivity contribution in [3.63, 3.8) is 0 Å². The molecule has 1 amide bonds. The molecule has 0 radical (unpaired) electrons. The molecule has 0 saturated carbocycles. The minimum absolute atomic E-state index is 0.0638. The quantitative estimate of drug-likeness (QED) is 0.542. The van der Waals surface area contributed by atoms with Crippen molar-refractivity contribution >= 4 is 39.2 Å². The predicted octanol–water partition coefficient (Wildman–Crippen LogP) is 3.26. The normalized spacial score (nSPS) is 12.2. The molecular formula is C17H17N3O2S2. The molecular weight excluding hydrogens is 342 g/mol. The number of benzene rings is 1. The van der Waals surface area contributed by atoms with Crippen LogP contribution in [0.1, 0.15) is 24.1 Å². The van der Waals surface area contributed by atoms with Gasteiger partial charge in [0.05, 0.1) is 17.2 Å². The van der Waals surface area contributed by atoms with Gasteiger partial charge in [0.1, 0.15) is 4.83 Å². The lowest BCUT2D eigenvalue weighted by Gasteiger charge is -2.16. The Balaban J connectivity index is 1.62. The van der Waals surface area contributed by atoms with E-state index in [1.54, 1.807) is 6.07 Å². The van der Waals surface area contributed by atoms with Gasteiger partial charge in [0.2, 0.25) is 5.91 Å². The van der Waals surface area contributed by atoms with E-state index in [9.17, 15) is 9.59 Å². The molecule has 1 atom stereocenters. The molecule has 0 aliphatic heterocycles. The summed E-state index contributed by atoms with van der Waals surface area (Å²) in [5, 5.41) is 5.86. The number of aryl methyl sites for hydroxylation is 1. The lowest BCUT2D eigenvalue weighted by molar-refractivity contribution is -0.119. The number of thiophene rings is 1. The molecule has 0 spiro atoms. The fourth-order valence-electron chi connectivity index (χ4n) is 2.48. The predicted molar refractivity (Wildman–Crippen MR) is 98.7 cm³/mol. The molecule has 7 heteroatoms. The van der Waals surface area contributed by atoms with E-state index < -0.39 is 0 Å². The minimum atomic E-state index is -0.169. The topological polar surface area (TPSA) is 74.8 Å². The molecule has 0 aliphatic carbocycles. The van der Waals surface area contributed by atoms with Gasteiger partial charge in [-0.05, 0) is 36.4 Å². The third-order valence-corrected chi connectivity index (χ3v) is 5.37. The smallest absolute Gasteiger partial charge is 0.260 e. The number of hydrogen-bond donors (Lipinski definition) is 2. The Kier molecular flexibility index (Phi) is 5.01. The van der Waals surface area contributed by atoms with Crippen molar-refractivity contribution in [2.24, 2.45) is 0 Å². The third-order valence-electron chi connectivity index (χ3n) is 3.69. The van der Waals surface area contributed by atoms with Crippen molar-refractivity contribution in [2.45, 2.75) is 25.0 Å². The number of H-pyrrole nitrogens is 1. The van der Waals surface area contributed by atoms with Crippen LogP contribution < -0.4 is 10.9 Å². The number of hydrogen-bond acceptors (Lipinski definition) is 5. The summed E-state index contributed by atoms with van der Waals surface area (Å²) in [6.45, 7) is 3.99. The summed E-state index contributed by atoms with van der Waals surface area (Å²) in [5.74, 6) is 0.112. The zero-order chi connectivity index (χ0) is 17.1. The molecule has 2 heterocycles. The molecule has 2 N–H and O–H groups in total. The Morgan fingerprint density at radius 2 is 2.17 bits per heavy atom. The SMILES string of the molecule is Cc1ccccc1[C@H](C)NC(=O)CSc1nc2sccc2c(=O)[nH]1. The van der Waals surface area contributed by atoms with Gasteiger partial charge in [-0.25, -0.2) is 4.98 Å². The molecule has 124 valence electrons. The summed E-state index contributed by atoms with van der Waals surface area (Å²) >= 11 is 2.64. The average Bonchev–Trinajstić information content (AvgIpc) is 3.02. The molecule has 5 nitrogen and oxygen atoms in total. The van der Waals surface area contributed by atoms with Crippen LogP contribution in [-0.4, -0.2) is 21.6 Å². The first-order chi connectivity index (χ1) is 11.5. The highest BCUT2D eigenvalue weighted by molar-refractivity contribution is 7.99. The fraction of sp³-hybridized carbons (Fsp3) is 0.235. The van der Waals surface area contributed by atoms with Gasteiger partial charge < -0.3 is 10.3 Å². The van der Waals surface area contributed by atoms with Gasteiger partial charge in [-0.3, -0.25) is 9.59 Å². The Bertz CT molecular complexity index is 933. The fourth-order valence-corrected chi connectivity index (χ4v) is 3.98. The first-order valence-corrected chi connectivity index (χ1v) is 9.36. The van der Waals surface area contributed by atoms with Crippen LogP contribution in [0.15, 0.2) is 45.7 Å². The first kappa shape index (κ1) is 16.7. The standard InChI is InChI=1S/C17H17N3O2S2/c1-10-5-3-4-6-12(10)11(2)18-14(21)9-24-17-19-15(22)13-7-8-23-16(13)20-17/h3-8,11H,9H2,1-2H3,(H,18,21)(H,19,20,22)/t11-/m0/s1. The number of amides is 1. The average molecular weight is 359 g/mol. The van der Waals surface area contributed by atoms with Gasteiger partial charge in [0.15, 0.2) is 5.16 Å². The van der Waals surface area contributed by atoms with Crippen LogP contribution in [0.5, 0.6) is 0 Å². The molecule has 3 aromatic rings. The molecule has 0 bridgehead atoms. The molecule has 2 aromatic heterocycles. The second-order valence-electron chi connectivity index (χ2n) is 5.44. The molecule has 3 rings (SSSR count). The number of thioether (sulfide) groups is 1. The Hall–Kier alpha value is -2.12. The van der Waals surface area contributed by atoms with Gasteiger partial charge in [-0.1, -0.05) is 36.0 Å². The lowest BCUT2D eigenvalue weighted by atomic mass is 10.0. The summed E-state index contributed by atoms with van der Waals surface area (Å²) < 4.78 is 0.